The van der Waals surface area contributed by atoms with Crippen molar-refractivity contribution < 1.29 is 24.2 Å². The molecule has 0 saturated carbocycles. The highest BCUT2D eigenvalue weighted by Gasteiger charge is 2.77. The number of likely N-dealkylation sites (tertiary alicyclic amines) is 1. The Kier molecular flexibility index (Phi) is 10.7. The summed E-state index contributed by atoms with van der Waals surface area (Å²) in [6, 6.07) is 6.57. The maximum Gasteiger partial charge on any atom is 0.310 e. The summed E-state index contributed by atoms with van der Waals surface area (Å²) in [4.78, 5) is 48.6. The van der Waals surface area contributed by atoms with Crippen LogP contribution in [0.3, 0.4) is 0 Å². The zero-order chi connectivity index (χ0) is 31.5. The molecule has 3 unspecified atom stereocenters. The van der Waals surface area contributed by atoms with E-state index in [1.807, 2.05) is 38.1 Å². The van der Waals surface area contributed by atoms with Crippen molar-refractivity contribution in [2.24, 2.45) is 23.7 Å². The molecule has 43 heavy (non-hydrogen) atoms. The average Bonchev–Trinajstić information content (AvgIpc) is 3.59. The van der Waals surface area contributed by atoms with E-state index in [-0.39, 0.29) is 54.6 Å². The Hall–Kier alpha value is -2.78. The molecule has 2 amide bonds. The number of hydrogen-bond acceptors (Lipinski definition) is 7. The van der Waals surface area contributed by atoms with Gasteiger partial charge in [0.15, 0.2) is 0 Å². The van der Waals surface area contributed by atoms with Gasteiger partial charge < -0.3 is 24.5 Å². The van der Waals surface area contributed by atoms with Crippen LogP contribution in [0.2, 0.25) is 0 Å². The molecule has 3 aliphatic heterocycles. The lowest BCUT2D eigenvalue weighted by Gasteiger charge is -2.42. The van der Waals surface area contributed by atoms with Gasteiger partial charge in [0.25, 0.3) is 5.91 Å². The first-order chi connectivity index (χ1) is 20.6. The predicted octanol–water partition coefficient (Wildman–Crippen LogP) is 4.92. The number of hydrogen-bond donors (Lipinski definition) is 1. The third-order valence-corrected chi connectivity index (χ3v) is 11.5. The van der Waals surface area contributed by atoms with Crippen LogP contribution in [0.5, 0.6) is 0 Å². The normalized spacial score (nSPS) is 28.1. The second kappa shape index (κ2) is 13.9. The molecular weight excluding hydrogens is 562 g/mol. The molecule has 9 heteroatoms. The monoisotopic (exact) mass is 611 g/mol. The second-order valence-corrected chi connectivity index (χ2v) is 14.0. The zero-order valence-corrected chi connectivity index (χ0v) is 27.2. The number of carbonyl (C=O) groups is 3. The minimum Gasteiger partial charge on any atom is -0.465 e. The van der Waals surface area contributed by atoms with Gasteiger partial charge in [-0.3, -0.25) is 14.4 Å². The first-order valence-electron chi connectivity index (χ1n) is 15.8. The van der Waals surface area contributed by atoms with Crippen molar-refractivity contribution in [3.8, 4) is 0 Å². The molecule has 236 valence electrons. The molecule has 1 aromatic carbocycles. The summed E-state index contributed by atoms with van der Waals surface area (Å²) in [5.74, 6) is -1.90. The average molecular weight is 612 g/mol. The lowest BCUT2D eigenvalue weighted by atomic mass is 9.66. The van der Waals surface area contributed by atoms with Gasteiger partial charge in [-0.2, -0.15) is 0 Å². The molecule has 2 bridgehead atoms. The number of benzene rings is 1. The van der Waals surface area contributed by atoms with Crippen LogP contribution in [0.15, 0.2) is 49.6 Å². The molecule has 3 saturated heterocycles. The summed E-state index contributed by atoms with van der Waals surface area (Å²) in [5.41, 5.74) is 1.80. The number of thioether (sulfide) groups is 1. The number of aliphatic hydroxyl groups excluding tert-OH is 1. The lowest BCUT2D eigenvalue weighted by molar-refractivity contribution is -0.155. The Labute approximate surface area is 261 Å². The Bertz CT molecular complexity index is 1180. The van der Waals surface area contributed by atoms with Gasteiger partial charge in [-0.05, 0) is 69.2 Å². The highest BCUT2D eigenvalue weighted by molar-refractivity contribution is 8.02. The first-order valence-corrected chi connectivity index (χ1v) is 16.6. The molecule has 0 aromatic heterocycles. The number of nitrogens with zero attached hydrogens (tertiary/aromatic N) is 3. The number of anilines is 2. The van der Waals surface area contributed by atoms with Gasteiger partial charge in [0.2, 0.25) is 5.91 Å². The Morgan fingerprint density at radius 1 is 1.16 bits per heavy atom. The van der Waals surface area contributed by atoms with E-state index >= 15 is 0 Å². The third-order valence-electron chi connectivity index (χ3n) is 9.47. The van der Waals surface area contributed by atoms with Crippen LogP contribution in [-0.4, -0.2) is 82.7 Å². The smallest absolute Gasteiger partial charge is 0.310 e. The number of aliphatic hydroxyl groups is 1. The number of ether oxygens (including phenoxy) is 1. The van der Waals surface area contributed by atoms with Crippen molar-refractivity contribution >= 4 is 40.9 Å². The SMILES string of the molecule is C=CCCOC(=O)[C@@H]1[C@@H]2CC(C)C3(S2)C(C(=O)N(CC=C)c2ccc(N(CC)CC)cc2)N([C@@H](CO)CC(C)C)C(=O)[C@H]13. The van der Waals surface area contributed by atoms with Crippen molar-refractivity contribution in [1.82, 2.24) is 4.90 Å². The molecular formula is C34H49N3O5S. The molecule has 4 rings (SSSR count). The predicted molar refractivity (Wildman–Crippen MR) is 174 cm³/mol. The van der Waals surface area contributed by atoms with E-state index < -0.39 is 28.7 Å². The third kappa shape index (κ3) is 5.87. The second-order valence-electron chi connectivity index (χ2n) is 12.4. The maximum atomic E-state index is 14.9. The van der Waals surface area contributed by atoms with E-state index in [4.69, 9.17) is 4.74 Å². The lowest BCUT2D eigenvalue weighted by Crippen LogP contribution is -2.59. The summed E-state index contributed by atoms with van der Waals surface area (Å²) in [6.45, 7) is 20.0. The molecule has 3 aliphatic rings. The van der Waals surface area contributed by atoms with Crippen molar-refractivity contribution in [3.63, 3.8) is 0 Å². The van der Waals surface area contributed by atoms with Gasteiger partial charge in [-0.1, -0.05) is 32.9 Å². The maximum absolute atomic E-state index is 14.9. The zero-order valence-electron chi connectivity index (χ0n) is 26.4. The van der Waals surface area contributed by atoms with Gasteiger partial charge in [0, 0.05) is 36.3 Å². The van der Waals surface area contributed by atoms with Crippen LogP contribution >= 0.6 is 11.8 Å². The molecule has 1 spiro atoms. The van der Waals surface area contributed by atoms with E-state index in [0.29, 0.717) is 12.8 Å². The Morgan fingerprint density at radius 2 is 1.81 bits per heavy atom. The number of fused-ring (bicyclic) bond motifs is 1. The molecule has 1 N–H and O–H groups in total. The van der Waals surface area contributed by atoms with Crippen LogP contribution in [0, 0.1) is 23.7 Å². The van der Waals surface area contributed by atoms with Gasteiger partial charge in [-0.25, -0.2) is 0 Å². The topological polar surface area (TPSA) is 90.4 Å². The molecule has 0 radical (unpaired) electrons. The van der Waals surface area contributed by atoms with Crippen molar-refractivity contribution in [1.29, 1.82) is 0 Å². The molecule has 3 heterocycles. The number of amides is 2. The van der Waals surface area contributed by atoms with Crippen LogP contribution in [-0.2, 0) is 19.1 Å². The number of carbonyl (C=O) groups excluding carboxylic acids is 3. The van der Waals surface area contributed by atoms with Gasteiger partial charge in [0.05, 0.1) is 35.8 Å². The Morgan fingerprint density at radius 3 is 2.37 bits per heavy atom. The molecule has 7 atom stereocenters. The van der Waals surface area contributed by atoms with Crippen LogP contribution in [0.25, 0.3) is 0 Å². The van der Waals surface area contributed by atoms with E-state index in [1.165, 1.54) is 0 Å². The molecule has 3 fully saturated rings. The first kappa shape index (κ1) is 33.1. The summed E-state index contributed by atoms with van der Waals surface area (Å²) >= 11 is 1.62. The van der Waals surface area contributed by atoms with E-state index in [1.54, 1.807) is 33.7 Å². The number of rotatable bonds is 15. The summed E-state index contributed by atoms with van der Waals surface area (Å²) in [6.07, 6.45) is 5.21. The summed E-state index contributed by atoms with van der Waals surface area (Å²) in [5, 5.41) is 10.5. The molecule has 0 aliphatic carbocycles. The van der Waals surface area contributed by atoms with Crippen LogP contribution in [0.4, 0.5) is 11.4 Å². The van der Waals surface area contributed by atoms with E-state index in [9.17, 15) is 19.5 Å². The van der Waals surface area contributed by atoms with Crippen LogP contribution < -0.4 is 9.80 Å². The van der Waals surface area contributed by atoms with Crippen molar-refractivity contribution in [3.05, 3.63) is 49.6 Å². The molecule has 8 nitrogen and oxygen atoms in total. The van der Waals surface area contributed by atoms with Gasteiger partial charge >= 0.3 is 5.97 Å². The fraction of sp³-hybridized carbons (Fsp3) is 0.618. The summed E-state index contributed by atoms with van der Waals surface area (Å²) in [7, 11) is 0. The quantitative estimate of drug-likeness (QED) is 0.171. The number of esters is 1. The molecule has 1 aromatic rings. The van der Waals surface area contributed by atoms with Crippen molar-refractivity contribution in [2.75, 3.05) is 42.6 Å². The minimum absolute atomic E-state index is 0.0154. The highest BCUT2D eigenvalue weighted by Crippen LogP contribution is 2.69. The fourth-order valence-electron chi connectivity index (χ4n) is 7.59. The van der Waals surface area contributed by atoms with Gasteiger partial charge in [-0.15, -0.1) is 24.9 Å². The summed E-state index contributed by atoms with van der Waals surface area (Å²) < 4.78 is 4.84. The van der Waals surface area contributed by atoms with Crippen LogP contribution in [0.1, 0.15) is 53.9 Å². The van der Waals surface area contributed by atoms with Crippen molar-refractivity contribution in [2.45, 2.75) is 76.0 Å². The van der Waals surface area contributed by atoms with Gasteiger partial charge in [0.1, 0.15) is 6.04 Å². The minimum atomic E-state index is -0.834. The largest absolute Gasteiger partial charge is 0.465 e. The van der Waals surface area contributed by atoms with E-state index in [2.05, 4.69) is 38.8 Å². The standard InChI is InChI=1S/C34H49N3O5S/c1-8-12-18-42-33(41)28-27-20-23(7)34(43-27)29(28)31(39)37(26(21-38)19-22(5)6)30(34)32(40)36(17-9-2)25-15-13-24(14-16-25)35(10-3)11-4/h8-9,13-16,22-23,26-30,38H,1-2,10-12,17-21H2,3-7H3/t23?,26-,27+,28-,29+,30?,34?/m1/s1. The van der Waals surface area contributed by atoms with E-state index in [0.717, 1.165) is 30.9 Å². The fourth-order valence-corrected chi connectivity index (χ4v) is 9.98. The Balaban J connectivity index is 1.79. The highest BCUT2D eigenvalue weighted by atomic mass is 32.2.